The van der Waals surface area contributed by atoms with E-state index in [0.717, 1.165) is 21.6 Å². The van der Waals surface area contributed by atoms with Gasteiger partial charge in [0.2, 0.25) is 11.8 Å². The quantitative estimate of drug-likeness (QED) is 0.474. The summed E-state index contributed by atoms with van der Waals surface area (Å²) in [5.74, 6) is -0.662. The van der Waals surface area contributed by atoms with E-state index in [2.05, 4.69) is 10.3 Å². The third-order valence-electron chi connectivity index (χ3n) is 5.40. The highest BCUT2D eigenvalue weighted by molar-refractivity contribution is 7.22. The maximum absolute atomic E-state index is 13.1. The first-order valence-corrected chi connectivity index (χ1v) is 11.3. The van der Waals surface area contributed by atoms with Crippen molar-refractivity contribution in [1.82, 2.24) is 14.5 Å². The lowest BCUT2D eigenvalue weighted by Gasteiger charge is -2.17. The zero-order chi connectivity index (χ0) is 23.5. The fourth-order valence-corrected chi connectivity index (χ4v) is 4.69. The van der Waals surface area contributed by atoms with Crippen molar-refractivity contribution in [2.45, 2.75) is 20.4 Å². The first-order valence-electron chi connectivity index (χ1n) is 10.5. The van der Waals surface area contributed by atoms with Gasteiger partial charge in [0.15, 0.2) is 0 Å². The Hall–Kier alpha value is -3.78. The van der Waals surface area contributed by atoms with Gasteiger partial charge >= 0.3 is 0 Å². The average molecular weight is 461 g/mol. The molecule has 2 heterocycles. The molecule has 0 aliphatic rings. The van der Waals surface area contributed by atoms with Crippen LogP contribution in [0, 0.1) is 13.8 Å². The van der Waals surface area contributed by atoms with Crippen molar-refractivity contribution in [2.24, 2.45) is 0 Å². The van der Waals surface area contributed by atoms with Gasteiger partial charge in [-0.2, -0.15) is 0 Å². The zero-order valence-corrected chi connectivity index (χ0v) is 19.5. The van der Waals surface area contributed by atoms with Crippen LogP contribution in [0.5, 0.6) is 0 Å². The van der Waals surface area contributed by atoms with Crippen LogP contribution in [-0.2, 0) is 16.1 Å². The SMILES string of the molecule is Cc1ccc(NC(=O)CN(C)C(=O)Cn2cnc3sc(-c4ccccc4)c(C)c3c2=O)cc1. The molecule has 2 aromatic carbocycles. The molecule has 2 amide bonds. The Labute approximate surface area is 195 Å². The Morgan fingerprint density at radius 1 is 1.06 bits per heavy atom. The van der Waals surface area contributed by atoms with E-state index in [0.29, 0.717) is 15.9 Å². The number of likely N-dealkylation sites (N-methyl/N-ethyl adjacent to an activating group) is 1. The molecule has 0 atom stereocenters. The fourth-order valence-electron chi connectivity index (χ4n) is 3.54. The maximum Gasteiger partial charge on any atom is 0.262 e. The summed E-state index contributed by atoms with van der Waals surface area (Å²) < 4.78 is 1.30. The molecular formula is C25H24N4O3S. The van der Waals surface area contributed by atoms with Gasteiger partial charge in [-0.3, -0.25) is 19.0 Å². The number of aromatic nitrogens is 2. The molecule has 4 rings (SSSR count). The normalized spacial score (nSPS) is 10.9. The van der Waals surface area contributed by atoms with Gasteiger partial charge < -0.3 is 10.2 Å². The summed E-state index contributed by atoms with van der Waals surface area (Å²) >= 11 is 1.46. The Bertz CT molecular complexity index is 1370. The zero-order valence-electron chi connectivity index (χ0n) is 18.7. The van der Waals surface area contributed by atoms with Crippen LogP contribution >= 0.6 is 11.3 Å². The molecule has 1 N–H and O–H groups in total. The second-order valence-electron chi connectivity index (χ2n) is 7.94. The molecule has 0 spiro atoms. The fraction of sp³-hybridized carbons (Fsp3) is 0.200. The first kappa shape index (κ1) is 22.4. The average Bonchev–Trinajstić information content (AvgIpc) is 3.14. The third-order valence-corrected chi connectivity index (χ3v) is 6.65. The van der Waals surface area contributed by atoms with Crippen LogP contribution in [0.4, 0.5) is 5.69 Å². The number of aryl methyl sites for hydroxylation is 2. The van der Waals surface area contributed by atoms with Crippen LogP contribution < -0.4 is 10.9 Å². The van der Waals surface area contributed by atoms with E-state index in [9.17, 15) is 14.4 Å². The second-order valence-corrected chi connectivity index (χ2v) is 8.94. The number of thiophene rings is 1. The number of carbonyl (C=O) groups excluding carboxylic acids is 2. The molecule has 0 radical (unpaired) electrons. The number of carbonyl (C=O) groups is 2. The minimum Gasteiger partial charge on any atom is -0.335 e. The highest BCUT2D eigenvalue weighted by Crippen LogP contribution is 2.35. The number of hydrogen-bond acceptors (Lipinski definition) is 5. The highest BCUT2D eigenvalue weighted by atomic mass is 32.1. The molecule has 0 saturated carbocycles. The van der Waals surface area contributed by atoms with Crippen molar-refractivity contribution in [3.63, 3.8) is 0 Å². The lowest BCUT2D eigenvalue weighted by Crippen LogP contribution is -2.38. The van der Waals surface area contributed by atoms with Crippen molar-refractivity contribution >= 4 is 39.1 Å². The first-order chi connectivity index (χ1) is 15.8. The summed E-state index contributed by atoms with van der Waals surface area (Å²) in [4.78, 5) is 45.5. The minimum atomic E-state index is -0.353. The predicted octanol–water partition coefficient (Wildman–Crippen LogP) is 3.84. The topological polar surface area (TPSA) is 84.3 Å². The second kappa shape index (κ2) is 9.38. The van der Waals surface area contributed by atoms with Crippen molar-refractivity contribution in [3.8, 4) is 10.4 Å². The summed E-state index contributed by atoms with van der Waals surface area (Å²) in [7, 11) is 1.54. The van der Waals surface area contributed by atoms with Crippen LogP contribution in [-0.4, -0.2) is 39.9 Å². The summed E-state index contributed by atoms with van der Waals surface area (Å²) in [6, 6.07) is 17.3. The van der Waals surface area contributed by atoms with E-state index < -0.39 is 0 Å². The van der Waals surface area contributed by atoms with E-state index >= 15 is 0 Å². The number of hydrogen-bond donors (Lipinski definition) is 1. The van der Waals surface area contributed by atoms with E-state index in [1.54, 1.807) is 0 Å². The monoisotopic (exact) mass is 460 g/mol. The lowest BCUT2D eigenvalue weighted by molar-refractivity contribution is -0.133. The summed E-state index contributed by atoms with van der Waals surface area (Å²) in [6.07, 6.45) is 1.40. The number of fused-ring (bicyclic) bond motifs is 1. The van der Waals surface area contributed by atoms with Crippen molar-refractivity contribution in [3.05, 3.63) is 82.4 Å². The molecule has 2 aromatic heterocycles. The van der Waals surface area contributed by atoms with Crippen LogP contribution in [0.1, 0.15) is 11.1 Å². The van der Waals surface area contributed by atoms with E-state index in [4.69, 9.17) is 0 Å². The van der Waals surface area contributed by atoms with Gasteiger partial charge in [0.05, 0.1) is 18.3 Å². The van der Waals surface area contributed by atoms with E-state index in [1.165, 1.54) is 34.2 Å². The Morgan fingerprint density at radius 2 is 1.76 bits per heavy atom. The van der Waals surface area contributed by atoms with Gasteiger partial charge in [0.25, 0.3) is 5.56 Å². The Balaban J connectivity index is 1.48. The molecule has 4 aromatic rings. The molecule has 0 saturated heterocycles. The van der Waals surface area contributed by atoms with E-state index in [1.807, 2.05) is 68.4 Å². The standard InChI is InChI=1S/C25H24N4O3S/c1-16-9-11-19(12-10-16)27-20(30)13-28(3)21(31)14-29-15-26-24-22(25(29)32)17(2)23(33-24)18-7-5-4-6-8-18/h4-12,15H,13-14H2,1-3H3,(H,27,30). The number of amides is 2. The van der Waals surface area contributed by atoms with Crippen LogP contribution in [0.2, 0.25) is 0 Å². The molecule has 0 aliphatic carbocycles. The van der Waals surface area contributed by atoms with E-state index in [-0.39, 0.29) is 30.5 Å². The number of benzene rings is 2. The summed E-state index contributed by atoms with van der Waals surface area (Å²) in [6.45, 7) is 3.56. The largest absolute Gasteiger partial charge is 0.335 e. The predicted molar refractivity (Wildman–Crippen MR) is 131 cm³/mol. The van der Waals surface area contributed by atoms with Crippen molar-refractivity contribution < 1.29 is 9.59 Å². The molecule has 33 heavy (non-hydrogen) atoms. The van der Waals surface area contributed by atoms with Crippen LogP contribution in [0.25, 0.3) is 20.7 Å². The van der Waals surface area contributed by atoms with Gasteiger partial charge in [0.1, 0.15) is 11.4 Å². The minimum absolute atomic E-state index is 0.118. The molecule has 0 aliphatic heterocycles. The van der Waals surface area contributed by atoms with Crippen LogP contribution in [0.3, 0.4) is 0 Å². The molecule has 168 valence electrons. The smallest absolute Gasteiger partial charge is 0.262 e. The number of nitrogens with zero attached hydrogens (tertiary/aromatic N) is 3. The van der Waals surface area contributed by atoms with Gasteiger partial charge in [-0.05, 0) is 37.1 Å². The Morgan fingerprint density at radius 3 is 2.45 bits per heavy atom. The lowest BCUT2D eigenvalue weighted by atomic mass is 10.1. The van der Waals surface area contributed by atoms with Gasteiger partial charge in [0, 0.05) is 17.6 Å². The number of rotatable bonds is 6. The van der Waals surface area contributed by atoms with Gasteiger partial charge in [-0.25, -0.2) is 4.98 Å². The van der Waals surface area contributed by atoms with Crippen LogP contribution in [0.15, 0.2) is 65.7 Å². The number of nitrogens with one attached hydrogen (secondary N) is 1. The Kier molecular flexibility index (Phi) is 6.37. The van der Waals surface area contributed by atoms with Gasteiger partial charge in [-0.15, -0.1) is 11.3 Å². The highest BCUT2D eigenvalue weighted by Gasteiger charge is 2.18. The number of anilines is 1. The summed E-state index contributed by atoms with van der Waals surface area (Å²) in [5, 5.41) is 3.29. The van der Waals surface area contributed by atoms with Gasteiger partial charge in [-0.1, -0.05) is 48.0 Å². The molecule has 8 heteroatoms. The molecule has 0 fully saturated rings. The van der Waals surface area contributed by atoms with Crippen molar-refractivity contribution in [2.75, 3.05) is 18.9 Å². The molecule has 0 unspecified atom stereocenters. The summed E-state index contributed by atoms with van der Waals surface area (Å²) in [5.41, 5.74) is 3.38. The third kappa shape index (κ3) is 4.85. The maximum atomic E-state index is 13.1. The molecule has 7 nitrogen and oxygen atoms in total. The molecule has 0 bridgehead atoms. The molecular weight excluding hydrogens is 436 g/mol. The van der Waals surface area contributed by atoms with Crippen molar-refractivity contribution in [1.29, 1.82) is 0 Å².